The number of anilines is 1. The van der Waals surface area contributed by atoms with Crippen molar-refractivity contribution in [3.8, 4) is 22.4 Å². The van der Waals surface area contributed by atoms with Gasteiger partial charge < -0.3 is 38.8 Å². The summed E-state index contributed by atoms with van der Waals surface area (Å²) < 4.78 is 38.9. The molecule has 14 nitrogen and oxygen atoms in total. The number of aromatic amines is 1. The van der Waals surface area contributed by atoms with E-state index in [1.165, 1.54) is 42.2 Å². The molecule has 296 valence electrons. The molecular weight excluding hydrogens is 750 g/mol. The molecule has 5 heterocycles. The van der Waals surface area contributed by atoms with Crippen LogP contribution < -0.4 is 10.4 Å². The van der Waals surface area contributed by atoms with Gasteiger partial charge in [0, 0.05) is 80.8 Å². The van der Waals surface area contributed by atoms with Crippen molar-refractivity contribution in [1.82, 2.24) is 29.5 Å². The van der Waals surface area contributed by atoms with Crippen molar-refractivity contribution in [2.75, 3.05) is 71.9 Å². The minimum absolute atomic E-state index is 0.0382. The van der Waals surface area contributed by atoms with Crippen LogP contribution in [0.4, 0.5) is 14.5 Å². The lowest BCUT2D eigenvalue weighted by Crippen LogP contribution is -2.54. The molecule has 0 saturated carbocycles. The number of amides is 3. The third-order valence-corrected chi connectivity index (χ3v) is 10.9. The molecule has 0 radical (unpaired) electrons. The van der Waals surface area contributed by atoms with E-state index < -0.39 is 24.0 Å². The molecule has 2 saturated heterocycles. The van der Waals surface area contributed by atoms with Gasteiger partial charge in [0.05, 0.1) is 74.8 Å². The molecule has 17 heteroatoms. The van der Waals surface area contributed by atoms with Crippen molar-refractivity contribution < 1.29 is 42.3 Å². The van der Waals surface area contributed by atoms with Crippen LogP contribution in [0.25, 0.3) is 28.0 Å². The highest BCUT2D eigenvalue weighted by Crippen LogP contribution is 2.36. The summed E-state index contributed by atoms with van der Waals surface area (Å²) in [5, 5.41) is 18.1. The molecular formula is C39H43ClF2N8O6. The number of hydrogen-bond donors (Lipinski definition) is 2. The number of nitrogens with zero attached hydrogens (tertiary/aromatic N) is 6. The van der Waals surface area contributed by atoms with E-state index in [0.29, 0.717) is 62.8 Å². The molecule has 4 aromatic rings. The number of carboxylic acid groups (broad SMARTS) is 1. The molecule has 2 aromatic heterocycles. The van der Waals surface area contributed by atoms with Crippen molar-refractivity contribution in [2.24, 2.45) is 13.0 Å². The molecule has 0 unspecified atom stereocenters. The molecule has 2 fully saturated rings. The number of imidazole rings is 1. The molecule has 7 rings (SSSR count). The molecule has 3 aliphatic heterocycles. The Kier molecular flexibility index (Phi) is 12.3. The van der Waals surface area contributed by atoms with Crippen LogP contribution >= 0.6 is 11.6 Å². The number of likely N-dealkylation sites (tertiary alicyclic amines) is 1. The van der Waals surface area contributed by atoms with Crippen molar-refractivity contribution in [3.63, 3.8) is 0 Å². The summed E-state index contributed by atoms with van der Waals surface area (Å²) in [6.07, 6.45) is 7.03. The number of piperidine rings is 1. The number of halogens is 3. The minimum Gasteiger partial charge on any atom is -0.554 e. The first-order valence-corrected chi connectivity index (χ1v) is 18.6. The van der Waals surface area contributed by atoms with Gasteiger partial charge in [0.25, 0.3) is 11.8 Å². The third-order valence-electron chi connectivity index (χ3n) is 10.6. The zero-order valence-electron chi connectivity index (χ0n) is 31.3. The standard InChI is InChI=1S/C38H41ClF2N8O4.CH2O2/c1-46-31(28-7-6-26(32(40)33(28)41)29-21-43-45-34(29)23-10-18-53-19-11-23)22-42-35(46)36(50)44-25-4-5-27(30(39)20-25)38(52)48-14-12-47(13-15-48)37(51)24-8-16-49(2,3)17-9-24;2-1-3/h4-7,10,20-22,24H,8-9,11-19H2,1-3H3,(H-,43,44,45,50,52);1H,(H,2,3). The Hall–Kier alpha value is -5.45. The minimum atomic E-state index is -1.08. The first-order chi connectivity index (χ1) is 26.8. The highest BCUT2D eigenvalue weighted by molar-refractivity contribution is 6.34. The maximum absolute atomic E-state index is 15.6. The Balaban J connectivity index is 0.00000172. The average Bonchev–Trinajstić information content (AvgIpc) is 3.83. The van der Waals surface area contributed by atoms with Gasteiger partial charge in [-0.05, 0) is 36.3 Å². The summed E-state index contributed by atoms with van der Waals surface area (Å²) >= 11 is 6.55. The van der Waals surface area contributed by atoms with E-state index in [9.17, 15) is 14.4 Å². The molecule has 2 aromatic carbocycles. The van der Waals surface area contributed by atoms with Crippen LogP contribution in [-0.2, 0) is 21.4 Å². The van der Waals surface area contributed by atoms with Crippen LogP contribution in [0.15, 0.2) is 48.8 Å². The summed E-state index contributed by atoms with van der Waals surface area (Å²) in [7, 11) is 5.91. The van der Waals surface area contributed by atoms with E-state index in [4.69, 9.17) is 26.2 Å². The number of H-pyrrole nitrogens is 1. The van der Waals surface area contributed by atoms with E-state index in [0.717, 1.165) is 36.0 Å². The monoisotopic (exact) mass is 792 g/mol. The van der Waals surface area contributed by atoms with E-state index in [1.807, 2.05) is 11.0 Å². The smallest absolute Gasteiger partial charge is 0.291 e. The number of piperazine rings is 1. The lowest BCUT2D eigenvalue weighted by Gasteiger charge is -2.40. The van der Waals surface area contributed by atoms with Gasteiger partial charge in [0.1, 0.15) is 0 Å². The SMILES string of the molecule is Cn1c(-c2ccc(-c3cn[nH]c3C3=CCOCC3)c(F)c2F)cnc1C(=O)Nc1ccc(C(=O)N2CCN(C(=O)C3CC[N+](C)(C)CC3)CC2)c(Cl)c1.O=C[O-]. The first kappa shape index (κ1) is 40.2. The second-order valence-electron chi connectivity index (χ2n) is 14.5. The first-order valence-electron chi connectivity index (χ1n) is 18.2. The van der Waals surface area contributed by atoms with E-state index >= 15 is 8.78 Å². The van der Waals surface area contributed by atoms with Crippen molar-refractivity contribution >= 4 is 47.1 Å². The number of aromatic nitrogens is 4. The summed E-state index contributed by atoms with van der Waals surface area (Å²) in [5.41, 5.74) is 2.75. The van der Waals surface area contributed by atoms with Crippen LogP contribution in [0.1, 0.15) is 45.9 Å². The Bertz CT molecular complexity index is 2150. The van der Waals surface area contributed by atoms with Gasteiger partial charge in [-0.1, -0.05) is 23.7 Å². The Morgan fingerprint density at radius 2 is 1.66 bits per heavy atom. The third kappa shape index (κ3) is 8.51. The second-order valence-corrected chi connectivity index (χ2v) is 15.0. The zero-order chi connectivity index (χ0) is 40.1. The lowest BCUT2D eigenvalue weighted by atomic mass is 9.94. The lowest BCUT2D eigenvalue weighted by molar-refractivity contribution is -0.895. The molecule has 0 spiro atoms. The molecule has 3 aliphatic rings. The van der Waals surface area contributed by atoms with Crippen LogP contribution in [0.5, 0.6) is 0 Å². The summed E-state index contributed by atoms with van der Waals surface area (Å²) in [6.45, 7) is 4.16. The number of rotatable bonds is 7. The normalized spacial score (nSPS) is 17.1. The molecule has 2 N–H and O–H groups in total. The number of hydrogen-bond acceptors (Lipinski definition) is 8. The van der Waals surface area contributed by atoms with E-state index in [-0.39, 0.29) is 51.0 Å². The van der Waals surface area contributed by atoms with Gasteiger partial charge in [0.15, 0.2) is 17.5 Å². The van der Waals surface area contributed by atoms with Crippen LogP contribution in [0.3, 0.4) is 0 Å². The Morgan fingerprint density at radius 3 is 2.32 bits per heavy atom. The van der Waals surface area contributed by atoms with Gasteiger partial charge in [-0.3, -0.25) is 19.5 Å². The topological polar surface area (TPSA) is 166 Å². The van der Waals surface area contributed by atoms with E-state index in [1.54, 1.807) is 17.0 Å². The average molecular weight is 793 g/mol. The molecule has 3 amide bonds. The van der Waals surface area contributed by atoms with Gasteiger partial charge in [-0.15, -0.1) is 0 Å². The highest BCUT2D eigenvalue weighted by Gasteiger charge is 2.35. The quantitative estimate of drug-likeness (QED) is 0.212. The van der Waals surface area contributed by atoms with Crippen LogP contribution in [0, 0.1) is 17.6 Å². The highest BCUT2D eigenvalue weighted by atomic mass is 35.5. The predicted molar refractivity (Wildman–Crippen MR) is 202 cm³/mol. The predicted octanol–water partition coefficient (Wildman–Crippen LogP) is 3.60. The van der Waals surface area contributed by atoms with Gasteiger partial charge in [-0.2, -0.15) is 5.10 Å². The molecule has 0 bridgehead atoms. The summed E-state index contributed by atoms with van der Waals surface area (Å²) in [4.78, 5) is 55.8. The number of quaternary nitrogens is 1. The summed E-state index contributed by atoms with van der Waals surface area (Å²) in [5.74, 6) is -2.83. The summed E-state index contributed by atoms with van der Waals surface area (Å²) in [6, 6.07) is 7.53. The van der Waals surface area contributed by atoms with Gasteiger partial charge in [-0.25, -0.2) is 13.8 Å². The van der Waals surface area contributed by atoms with Gasteiger partial charge in [0.2, 0.25) is 5.91 Å². The molecule has 0 atom stereocenters. The number of carbonyl (C=O) groups excluding carboxylic acids is 4. The van der Waals surface area contributed by atoms with Crippen molar-refractivity contribution in [3.05, 3.63) is 82.5 Å². The molecule has 0 aliphatic carbocycles. The molecule has 56 heavy (non-hydrogen) atoms. The van der Waals surface area contributed by atoms with Gasteiger partial charge >= 0.3 is 0 Å². The fourth-order valence-corrected chi connectivity index (χ4v) is 7.60. The Morgan fingerprint density at radius 1 is 1.00 bits per heavy atom. The number of benzene rings is 2. The maximum atomic E-state index is 15.6. The van der Waals surface area contributed by atoms with Crippen molar-refractivity contribution in [1.29, 1.82) is 0 Å². The zero-order valence-corrected chi connectivity index (χ0v) is 32.1. The van der Waals surface area contributed by atoms with Crippen molar-refractivity contribution in [2.45, 2.75) is 19.3 Å². The number of carbonyl (C=O) groups is 4. The van der Waals surface area contributed by atoms with Crippen LogP contribution in [0.2, 0.25) is 5.02 Å². The fourth-order valence-electron chi connectivity index (χ4n) is 7.34. The van der Waals surface area contributed by atoms with Crippen LogP contribution in [-0.4, -0.2) is 125 Å². The maximum Gasteiger partial charge on any atom is 0.291 e. The second kappa shape index (κ2) is 17.1. The number of ether oxygens (including phenoxy) is 1. The largest absolute Gasteiger partial charge is 0.554 e. The Labute approximate surface area is 327 Å². The van der Waals surface area contributed by atoms with E-state index in [2.05, 4.69) is 34.6 Å². The number of nitrogens with one attached hydrogen (secondary N) is 2. The fraction of sp³-hybridized carbons (Fsp3) is 0.385.